The van der Waals surface area contributed by atoms with Crippen molar-refractivity contribution in [2.75, 3.05) is 31.1 Å². The van der Waals surface area contributed by atoms with Gasteiger partial charge < -0.3 is 14.6 Å². The van der Waals surface area contributed by atoms with E-state index in [9.17, 15) is 4.79 Å². The Hall–Kier alpha value is -1.75. The lowest BCUT2D eigenvalue weighted by Gasteiger charge is -2.29. The minimum Gasteiger partial charge on any atom is -0.408 e. The van der Waals surface area contributed by atoms with Gasteiger partial charge >= 0.3 is 5.76 Å². The second-order valence-corrected chi connectivity index (χ2v) is 4.59. The topological polar surface area (TPSA) is 61.3 Å². The van der Waals surface area contributed by atoms with Crippen LogP contribution >= 0.6 is 0 Å². The predicted octanol–water partition coefficient (Wildman–Crippen LogP) is 1.09. The van der Waals surface area contributed by atoms with Crippen LogP contribution in [-0.2, 0) is 6.42 Å². The number of fused-ring (bicyclic) bond motifs is 1. The Labute approximate surface area is 105 Å². The van der Waals surface area contributed by atoms with Crippen LogP contribution in [0, 0.1) is 0 Å². The zero-order chi connectivity index (χ0) is 12.5. The van der Waals surface area contributed by atoms with Gasteiger partial charge in [0.1, 0.15) is 0 Å². The van der Waals surface area contributed by atoms with Crippen molar-refractivity contribution >= 4 is 16.8 Å². The van der Waals surface area contributed by atoms with Crippen LogP contribution in [0.15, 0.2) is 21.3 Å². The first-order valence-electron chi connectivity index (χ1n) is 6.39. The van der Waals surface area contributed by atoms with E-state index in [0.717, 1.165) is 49.4 Å². The summed E-state index contributed by atoms with van der Waals surface area (Å²) in [6.07, 6.45) is 0.858. The van der Waals surface area contributed by atoms with E-state index < -0.39 is 0 Å². The number of piperazine rings is 1. The van der Waals surface area contributed by atoms with Crippen molar-refractivity contribution in [2.45, 2.75) is 13.3 Å². The Bertz CT molecular complexity index is 608. The van der Waals surface area contributed by atoms with Gasteiger partial charge in [0.15, 0.2) is 5.58 Å². The summed E-state index contributed by atoms with van der Waals surface area (Å²) in [7, 11) is 0. The van der Waals surface area contributed by atoms with Crippen LogP contribution in [0.3, 0.4) is 0 Å². The van der Waals surface area contributed by atoms with Gasteiger partial charge in [0.05, 0.1) is 5.52 Å². The second kappa shape index (κ2) is 4.49. The molecule has 1 fully saturated rings. The van der Waals surface area contributed by atoms with Crippen molar-refractivity contribution in [3.05, 3.63) is 28.2 Å². The molecule has 0 unspecified atom stereocenters. The molecule has 2 aromatic rings. The van der Waals surface area contributed by atoms with Crippen molar-refractivity contribution in [2.24, 2.45) is 0 Å². The first-order valence-corrected chi connectivity index (χ1v) is 6.39. The number of oxazole rings is 1. The zero-order valence-electron chi connectivity index (χ0n) is 10.5. The lowest BCUT2D eigenvalue weighted by molar-refractivity contribution is 0.552. The molecule has 1 aromatic heterocycles. The summed E-state index contributed by atoms with van der Waals surface area (Å²) in [6.45, 7) is 6.07. The molecule has 3 rings (SSSR count). The SMILES string of the molecule is CCc1cc(N2CCNCC2)cc2[nH]c(=O)oc12. The number of nitrogens with one attached hydrogen (secondary N) is 2. The molecule has 0 radical (unpaired) electrons. The number of nitrogens with zero attached hydrogens (tertiary/aromatic N) is 1. The first-order chi connectivity index (χ1) is 8.78. The molecule has 2 heterocycles. The fourth-order valence-corrected chi connectivity index (χ4v) is 2.48. The molecule has 96 valence electrons. The fourth-order valence-electron chi connectivity index (χ4n) is 2.48. The first kappa shape index (κ1) is 11.3. The van der Waals surface area contributed by atoms with Gasteiger partial charge in [-0.25, -0.2) is 4.79 Å². The number of aromatic amines is 1. The number of benzene rings is 1. The van der Waals surface area contributed by atoms with E-state index in [2.05, 4.69) is 28.2 Å². The van der Waals surface area contributed by atoms with E-state index in [4.69, 9.17) is 4.42 Å². The van der Waals surface area contributed by atoms with Crippen LogP contribution in [-0.4, -0.2) is 31.2 Å². The maximum atomic E-state index is 11.3. The van der Waals surface area contributed by atoms with Gasteiger partial charge in [-0.1, -0.05) is 6.92 Å². The van der Waals surface area contributed by atoms with Crippen LogP contribution in [0.25, 0.3) is 11.1 Å². The van der Waals surface area contributed by atoms with Crippen molar-refractivity contribution in [3.8, 4) is 0 Å². The normalized spacial score (nSPS) is 16.4. The summed E-state index contributed by atoms with van der Waals surface area (Å²) >= 11 is 0. The summed E-state index contributed by atoms with van der Waals surface area (Å²) in [5, 5.41) is 3.34. The minimum atomic E-state index is -0.378. The van der Waals surface area contributed by atoms with Crippen LogP contribution in [0.5, 0.6) is 0 Å². The van der Waals surface area contributed by atoms with Crippen LogP contribution < -0.4 is 16.0 Å². The molecule has 1 aromatic carbocycles. The molecule has 2 N–H and O–H groups in total. The molecule has 18 heavy (non-hydrogen) atoms. The highest BCUT2D eigenvalue weighted by Gasteiger charge is 2.14. The van der Waals surface area contributed by atoms with Gasteiger partial charge in [-0.3, -0.25) is 4.98 Å². The molecule has 0 aliphatic carbocycles. The molecule has 0 spiro atoms. The Morgan fingerprint density at radius 2 is 2.11 bits per heavy atom. The minimum absolute atomic E-state index is 0.378. The van der Waals surface area contributed by atoms with Crippen LogP contribution in [0.2, 0.25) is 0 Å². The molecule has 1 saturated heterocycles. The molecule has 5 heteroatoms. The molecule has 0 bridgehead atoms. The molecule has 5 nitrogen and oxygen atoms in total. The largest absolute Gasteiger partial charge is 0.417 e. The number of aromatic nitrogens is 1. The van der Waals surface area contributed by atoms with Crippen molar-refractivity contribution in [3.63, 3.8) is 0 Å². The summed E-state index contributed by atoms with van der Waals surface area (Å²) in [5.41, 5.74) is 3.74. The number of anilines is 1. The summed E-state index contributed by atoms with van der Waals surface area (Å²) in [4.78, 5) is 16.4. The molecule has 0 amide bonds. The average Bonchev–Trinajstić information content (AvgIpc) is 2.78. The van der Waals surface area contributed by atoms with E-state index in [1.165, 1.54) is 0 Å². The van der Waals surface area contributed by atoms with Crippen LogP contribution in [0.1, 0.15) is 12.5 Å². The molecule has 0 atom stereocenters. The van der Waals surface area contributed by atoms with E-state index in [1.807, 2.05) is 6.07 Å². The Kier molecular flexibility index (Phi) is 2.83. The lowest BCUT2D eigenvalue weighted by atomic mass is 10.1. The van der Waals surface area contributed by atoms with Crippen molar-refractivity contribution in [1.29, 1.82) is 0 Å². The van der Waals surface area contributed by atoms with Crippen molar-refractivity contribution < 1.29 is 4.42 Å². The van der Waals surface area contributed by atoms with Gasteiger partial charge in [0.2, 0.25) is 0 Å². The monoisotopic (exact) mass is 247 g/mol. The van der Waals surface area contributed by atoms with E-state index in [0.29, 0.717) is 5.58 Å². The Morgan fingerprint density at radius 3 is 2.83 bits per heavy atom. The summed E-state index contributed by atoms with van der Waals surface area (Å²) < 4.78 is 5.19. The molecule has 1 aliphatic rings. The van der Waals surface area contributed by atoms with E-state index >= 15 is 0 Å². The molecule has 1 aliphatic heterocycles. The number of H-pyrrole nitrogens is 1. The maximum Gasteiger partial charge on any atom is 0.417 e. The van der Waals surface area contributed by atoms with Gasteiger partial charge in [0.25, 0.3) is 0 Å². The number of hydrogen-bond acceptors (Lipinski definition) is 4. The van der Waals surface area contributed by atoms with Gasteiger partial charge in [-0.2, -0.15) is 0 Å². The summed E-state index contributed by atoms with van der Waals surface area (Å²) in [5.74, 6) is -0.378. The highest BCUT2D eigenvalue weighted by atomic mass is 16.4. The van der Waals surface area contributed by atoms with E-state index in [-0.39, 0.29) is 5.76 Å². The summed E-state index contributed by atoms with van der Waals surface area (Å²) in [6, 6.07) is 4.13. The predicted molar refractivity (Wildman–Crippen MR) is 71.3 cm³/mol. The zero-order valence-corrected chi connectivity index (χ0v) is 10.5. The lowest BCUT2D eigenvalue weighted by Crippen LogP contribution is -2.43. The molecular formula is C13H17N3O2. The average molecular weight is 247 g/mol. The third kappa shape index (κ3) is 1.90. The maximum absolute atomic E-state index is 11.3. The Morgan fingerprint density at radius 1 is 1.33 bits per heavy atom. The van der Waals surface area contributed by atoms with Crippen molar-refractivity contribution in [1.82, 2.24) is 10.3 Å². The Balaban J connectivity index is 2.09. The third-order valence-corrected chi connectivity index (χ3v) is 3.45. The van der Waals surface area contributed by atoms with Gasteiger partial charge in [-0.05, 0) is 24.1 Å². The second-order valence-electron chi connectivity index (χ2n) is 4.59. The smallest absolute Gasteiger partial charge is 0.408 e. The highest BCUT2D eigenvalue weighted by molar-refractivity contribution is 5.81. The molecule has 0 saturated carbocycles. The van der Waals surface area contributed by atoms with Gasteiger partial charge in [-0.15, -0.1) is 0 Å². The highest BCUT2D eigenvalue weighted by Crippen LogP contribution is 2.25. The molecular weight excluding hydrogens is 230 g/mol. The number of rotatable bonds is 2. The van der Waals surface area contributed by atoms with E-state index in [1.54, 1.807) is 0 Å². The number of hydrogen-bond donors (Lipinski definition) is 2. The standard InChI is InChI=1S/C13H17N3O2/c1-2-9-7-10(16-5-3-14-4-6-16)8-11-12(9)18-13(17)15-11/h7-8,14H,2-6H2,1H3,(H,15,17). The van der Waals surface area contributed by atoms with Crippen LogP contribution in [0.4, 0.5) is 5.69 Å². The van der Waals surface area contributed by atoms with Gasteiger partial charge in [0, 0.05) is 31.9 Å². The third-order valence-electron chi connectivity index (χ3n) is 3.45. The number of aryl methyl sites for hydroxylation is 1. The fraction of sp³-hybridized carbons (Fsp3) is 0.462. The quantitative estimate of drug-likeness (QED) is 0.834.